The van der Waals surface area contributed by atoms with Crippen molar-refractivity contribution in [3.8, 4) is 17.7 Å². The Bertz CT molecular complexity index is 991. The largest absolute Gasteiger partial charge is 0.497 e. The summed E-state index contributed by atoms with van der Waals surface area (Å²) in [6.45, 7) is 2.06. The summed E-state index contributed by atoms with van der Waals surface area (Å²) < 4.78 is 10.4. The van der Waals surface area contributed by atoms with Crippen LogP contribution >= 0.6 is 0 Å². The quantitative estimate of drug-likeness (QED) is 0.468. The second-order valence-electron chi connectivity index (χ2n) is 5.88. The van der Waals surface area contributed by atoms with Crippen LogP contribution in [0.3, 0.4) is 0 Å². The van der Waals surface area contributed by atoms with E-state index in [1.54, 1.807) is 38.3 Å². The van der Waals surface area contributed by atoms with Crippen molar-refractivity contribution in [2.24, 2.45) is 16.5 Å². The van der Waals surface area contributed by atoms with E-state index >= 15 is 0 Å². The van der Waals surface area contributed by atoms with Crippen LogP contribution in [0.2, 0.25) is 0 Å². The highest BCUT2D eigenvalue weighted by Crippen LogP contribution is 2.24. The average Bonchev–Trinajstić information content (AvgIpc) is 2.68. The number of anilines is 1. The molecule has 2 aromatic rings. The van der Waals surface area contributed by atoms with Crippen molar-refractivity contribution in [1.29, 1.82) is 5.26 Å². The molecule has 0 saturated carbocycles. The fourth-order valence-corrected chi connectivity index (χ4v) is 2.41. The minimum Gasteiger partial charge on any atom is -0.497 e. The van der Waals surface area contributed by atoms with Gasteiger partial charge in [-0.3, -0.25) is 4.79 Å². The molecule has 0 bridgehead atoms. The molecule has 6 N–H and O–H groups in total. The number of benzene rings is 1. The maximum atomic E-state index is 12.1. The summed E-state index contributed by atoms with van der Waals surface area (Å²) in [6, 6.07) is 10.4. The van der Waals surface area contributed by atoms with E-state index in [1.165, 1.54) is 12.1 Å². The Morgan fingerprint density at radius 2 is 2.00 bits per heavy atom. The van der Waals surface area contributed by atoms with E-state index in [-0.39, 0.29) is 40.8 Å². The van der Waals surface area contributed by atoms with Crippen LogP contribution in [0.5, 0.6) is 11.6 Å². The lowest BCUT2D eigenvalue weighted by atomic mass is 10.1. The third-order valence-electron chi connectivity index (χ3n) is 3.78. The van der Waals surface area contributed by atoms with E-state index in [0.717, 1.165) is 5.56 Å². The summed E-state index contributed by atoms with van der Waals surface area (Å²) in [6.07, 6.45) is 1.38. The molecule has 0 spiro atoms. The maximum Gasteiger partial charge on any atom is 0.252 e. The number of nitrogens with zero attached hydrogens (tertiary/aromatic N) is 3. The molecule has 1 aromatic heterocycles. The number of nitrogen functional groups attached to an aromatic ring is 1. The first-order chi connectivity index (χ1) is 13.9. The molecule has 1 heterocycles. The van der Waals surface area contributed by atoms with E-state index in [2.05, 4.69) is 9.98 Å². The summed E-state index contributed by atoms with van der Waals surface area (Å²) in [5.41, 5.74) is 19.1. The zero-order chi connectivity index (χ0) is 21.4. The van der Waals surface area contributed by atoms with Gasteiger partial charge in [0.1, 0.15) is 23.2 Å². The Morgan fingerprint density at radius 3 is 2.59 bits per heavy atom. The van der Waals surface area contributed by atoms with E-state index in [1.807, 2.05) is 6.07 Å². The normalized spacial score (nSPS) is 11.6. The number of amides is 1. The molecule has 150 valence electrons. The van der Waals surface area contributed by atoms with Crippen molar-refractivity contribution < 1.29 is 14.3 Å². The number of aromatic nitrogens is 1. The fraction of sp³-hybridized carbons (Fsp3) is 0.200. The van der Waals surface area contributed by atoms with Crippen LogP contribution < -0.4 is 26.7 Å². The van der Waals surface area contributed by atoms with Gasteiger partial charge in [0.2, 0.25) is 5.88 Å². The summed E-state index contributed by atoms with van der Waals surface area (Å²) in [5.74, 6) is 0.260. The Hall–Kier alpha value is -4.06. The number of rotatable bonds is 7. The third-order valence-corrected chi connectivity index (χ3v) is 3.78. The van der Waals surface area contributed by atoms with Gasteiger partial charge in [-0.15, -0.1) is 0 Å². The van der Waals surface area contributed by atoms with Gasteiger partial charge in [0, 0.05) is 6.08 Å². The standard InChI is InChI=1S/C20H22N6O3/c1-3-29-20-14(11-21)15(22)9-17(25-20)16(23)10-18(24)26-19(27)8-12-4-6-13(28-2)7-5-12/h4-7,9-10H,3,8,23H2,1-2H3,(H2,22,25)(H2,24,26,27). The molecule has 1 aromatic carbocycles. The second-order valence-corrected chi connectivity index (χ2v) is 5.88. The number of nitrogens with two attached hydrogens (primary N) is 3. The average molecular weight is 394 g/mol. The van der Waals surface area contributed by atoms with Crippen LogP contribution in [0, 0.1) is 11.3 Å². The second kappa shape index (κ2) is 9.75. The van der Waals surface area contributed by atoms with E-state index in [0.29, 0.717) is 12.4 Å². The molecule has 0 radical (unpaired) electrons. The van der Waals surface area contributed by atoms with Crippen molar-refractivity contribution in [1.82, 2.24) is 4.98 Å². The number of amidine groups is 1. The molecule has 0 atom stereocenters. The molecular formula is C20H22N6O3. The number of carbonyl (C=O) groups is 1. The highest BCUT2D eigenvalue weighted by atomic mass is 16.5. The maximum absolute atomic E-state index is 12.1. The lowest BCUT2D eigenvalue weighted by Gasteiger charge is -2.09. The number of nitriles is 1. The SMILES string of the molecule is CCOc1nc(C(N)=CC(N)=NC(=O)Cc2ccc(OC)cc2)cc(N)c1C#N. The van der Waals surface area contributed by atoms with Crippen molar-refractivity contribution >= 4 is 23.1 Å². The number of aliphatic imine (C=N–C) groups is 1. The van der Waals surface area contributed by atoms with E-state index in [4.69, 9.17) is 26.7 Å². The Kier molecular flexibility index (Phi) is 7.14. The van der Waals surface area contributed by atoms with Gasteiger partial charge >= 0.3 is 0 Å². The number of methoxy groups -OCH3 is 1. The Balaban J connectivity index is 2.19. The molecule has 0 aliphatic rings. The Labute approximate surface area is 168 Å². The van der Waals surface area contributed by atoms with Crippen LogP contribution in [-0.4, -0.2) is 30.4 Å². The number of hydrogen-bond acceptors (Lipinski definition) is 7. The molecule has 0 unspecified atom stereocenters. The van der Waals surface area contributed by atoms with Crippen molar-refractivity contribution in [3.05, 3.63) is 53.2 Å². The number of hydrogen-bond donors (Lipinski definition) is 3. The number of carbonyl (C=O) groups excluding carboxylic acids is 1. The predicted octanol–water partition coefficient (Wildman–Crippen LogP) is 1.37. The van der Waals surface area contributed by atoms with Gasteiger partial charge in [-0.05, 0) is 30.7 Å². The highest BCUT2D eigenvalue weighted by Gasteiger charge is 2.13. The van der Waals surface area contributed by atoms with Gasteiger partial charge in [0.15, 0.2) is 0 Å². The van der Waals surface area contributed by atoms with Crippen molar-refractivity contribution in [2.45, 2.75) is 13.3 Å². The number of ether oxygens (including phenoxy) is 2. The molecule has 0 fully saturated rings. The lowest BCUT2D eigenvalue weighted by molar-refractivity contribution is -0.117. The molecule has 29 heavy (non-hydrogen) atoms. The van der Waals surface area contributed by atoms with Gasteiger partial charge in [-0.1, -0.05) is 12.1 Å². The molecule has 0 aliphatic heterocycles. The number of pyridine rings is 1. The van der Waals surface area contributed by atoms with Gasteiger partial charge in [0.05, 0.1) is 37.2 Å². The van der Waals surface area contributed by atoms with Crippen LogP contribution in [0.1, 0.15) is 23.7 Å². The van der Waals surface area contributed by atoms with Gasteiger partial charge in [-0.25, -0.2) is 4.98 Å². The monoisotopic (exact) mass is 394 g/mol. The topological polar surface area (TPSA) is 163 Å². The van der Waals surface area contributed by atoms with Crippen molar-refractivity contribution in [2.75, 3.05) is 19.5 Å². The van der Waals surface area contributed by atoms with Gasteiger partial charge in [0.25, 0.3) is 5.91 Å². The summed E-state index contributed by atoms with van der Waals surface area (Å²) in [5, 5.41) is 9.17. The van der Waals surface area contributed by atoms with Crippen LogP contribution in [0.4, 0.5) is 5.69 Å². The third kappa shape index (κ3) is 5.71. The molecule has 0 saturated heterocycles. The molecule has 1 amide bonds. The first kappa shape index (κ1) is 21.2. The van der Waals surface area contributed by atoms with E-state index < -0.39 is 5.91 Å². The van der Waals surface area contributed by atoms with Crippen LogP contribution in [0.25, 0.3) is 5.70 Å². The fourth-order valence-electron chi connectivity index (χ4n) is 2.41. The summed E-state index contributed by atoms with van der Waals surface area (Å²) in [4.78, 5) is 20.1. The zero-order valence-corrected chi connectivity index (χ0v) is 16.2. The molecule has 9 heteroatoms. The zero-order valence-electron chi connectivity index (χ0n) is 16.2. The minimum atomic E-state index is -0.431. The van der Waals surface area contributed by atoms with E-state index in [9.17, 15) is 10.1 Å². The predicted molar refractivity (Wildman–Crippen MR) is 110 cm³/mol. The molecule has 2 rings (SSSR count). The van der Waals surface area contributed by atoms with Crippen molar-refractivity contribution in [3.63, 3.8) is 0 Å². The molecule has 0 aliphatic carbocycles. The van der Waals surface area contributed by atoms with Crippen LogP contribution in [-0.2, 0) is 11.2 Å². The summed E-state index contributed by atoms with van der Waals surface area (Å²) in [7, 11) is 1.57. The first-order valence-corrected chi connectivity index (χ1v) is 8.68. The first-order valence-electron chi connectivity index (χ1n) is 8.68. The lowest BCUT2D eigenvalue weighted by Crippen LogP contribution is -2.15. The molecule has 9 nitrogen and oxygen atoms in total. The van der Waals surface area contributed by atoms with Gasteiger partial charge in [-0.2, -0.15) is 10.3 Å². The van der Waals surface area contributed by atoms with Crippen LogP contribution in [0.15, 0.2) is 41.4 Å². The van der Waals surface area contributed by atoms with Gasteiger partial charge < -0.3 is 26.7 Å². The highest BCUT2D eigenvalue weighted by molar-refractivity contribution is 6.03. The minimum absolute atomic E-state index is 0.0763. The summed E-state index contributed by atoms with van der Waals surface area (Å²) >= 11 is 0. The smallest absolute Gasteiger partial charge is 0.252 e. The Morgan fingerprint density at radius 1 is 1.31 bits per heavy atom. The molecular weight excluding hydrogens is 372 g/mol.